The van der Waals surface area contributed by atoms with Gasteiger partial charge in [0.2, 0.25) is 0 Å². The van der Waals surface area contributed by atoms with Crippen molar-refractivity contribution in [3.05, 3.63) is 34.4 Å². The fraction of sp³-hybridized carbons (Fsp3) is 0.538. The summed E-state index contributed by atoms with van der Waals surface area (Å²) in [5.41, 5.74) is 5.72. The summed E-state index contributed by atoms with van der Waals surface area (Å²) in [5, 5.41) is 9.22. The topological polar surface area (TPSA) is 76.9 Å². The molecule has 0 aliphatic carbocycles. The van der Waals surface area contributed by atoms with Crippen LogP contribution >= 0.6 is 11.6 Å². The molecule has 21 heavy (non-hydrogen) atoms. The zero-order valence-corrected chi connectivity index (χ0v) is 13.6. The molecule has 8 heteroatoms. The van der Waals surface area contributed by atoms with Gasteiger partial charge in [0.25, 0.3) is 0 Å². The van der Waals surface area contributed by atoms with Gasteiger partial charge in [0.1, 0.15) is 0 Å². The second-order valence-corrected chi connectivity index (χ2v) is 5.72. The molecule has 2 aromatic rings. The molecule has 0 saturated carbocycles. The van der Waals surface area contributed by atoms with Crippen molar-refractivity contribution in [3.63, 3.8) is 0 Å². The lowest BCUT2D eigenvalue weighted by Gasteiger charge is -2.19. The van der Waals surface area contributed by atoms with Gasteiger partial charge in [0.15, 0.2) is 0 Å². The molecule has 0 amide bonds. The van der Waals surface area contributed by atoms with Gasteiger partial charge in [-0.15, -0.1) is 0 Å². The number of halogens is 1. The Morgan fingerprint density at radius 2 is 2.10 bits per heavy atom. The Balaban J connectivity index is 2.38. The van der Waals surface area contributed by atoms with Crippen molar-refractivity contribution < 1.29 is 0 Å². The molecular weight excluding hydrogens is 290 g/mol. The van der Waals surface area contributed by atoms with Crippen molar-refractivity contribution in [2.24, 2.45) is 12.9 Å². The predicted octanol–water partition coefficient (Wildman–Crippen LogP) is 0.693. The summed E-state index contributed by atoms with van der Waals surface area (Å²) in [4.78, 5) is 2.10. The van der Waals surface area contributed by atoms with E-state index in [4.69, 9.17) is 17.4 Å². The standard InChI is InChI=1S/C13H22ClN7/c1-9-10(7-16-20(9)4)12(18-15)13-11(14)8-17-21(13)6-5-19(2)3/h7-8,12,18H,5-6,15H2,1-4H3. The molecule has 0 fully saturated rings. The summed E-state index contributed by atoms with van der Waals surface area (Å²) < 4.78 is 3.70. The van der Waals surface area contributed by atoms with Gasteiger partial charge in [-0.25, -0.2) is 5.43 Å². The molecule has 2 aromatic heterocycles. The minimum absolute atomic E-state index is 0.240. The Kier molecular flexibility index (Phi) is 5.00. The highest BCUT2D eigenvalue weighted by Crippen LogP contribution is 2.29. The first kappa shape index (κ1) is 16.0. The molecule has 2 heterocycles. The van der Waals surface area contributed by atoms with Gasteiger partial charge < -0.3 is 4.90 Å². The monoisotopic (exact) mass is 311 g/mol. The van der Waals surface area contributed by atoms with Crippen molar-refractivity contribution in [3.8, 4) is 0 Å². The lowest BCUT2D eigenvalue weighted by Crippen LogP contribution is -2.32. The molecule has 0 bridgehead atoms. The van der Waals surface area contributed by atoms with Gasteiger partial charge in [-0.2, -0.15) is 10.2 Å². The molecule has 0 aromatic carbocycles. The summed E-state index contributed by atoms with van der Waals surface area (Å²) in [5.74, 6) is 5.77. The van der Waals surface area contributed by atoms with Crippen LogP contribution in [0.25, 0.3) is 0 Å². The summed E-state index contributed by atoms with van der Waals surface area (Å²) in [6, 6.07) is -0.240. The number of nitrogens with two attached hydrogens (primary N) is 1. The smallest absolute Gasteiger partial charge is 0.0926 e. The lowest BCUT2D eigenvalue weighted by molar-refractivity contribution is 0.365. The highest BCUT2D eigenvalue weighted by molar-refractivity contribution is 6.31. The van der Waals surface area contributed by atoms with Crippen LogP contribution in [-0.2, 0) is 13.6 Å². The van der Waals surface area contributed by atoms with Gasteiger partial charge in [0, 0.05) is 24.8 Å². The number of aromatic nitrogens is 4. The van der Waals surface area contributed by atoms with E-state index >= 15 is 0 Å². The zero-order chi connectivity index (χ0) is 15.6. The third-order valence-corrected chi connectivity index (χ3v) is 3.91. The molecule has 0 radical (unpaired) electrons. The maximum Gasteiger partial charge on any atom is 0.0926 e. The third kappa shape index (κ3) is 3.26. The van der Waals surface area contributed by atoms with Crippen molar-refractivity contribution >= 4 is 11.6 Å². The quantitative estimate of drug-likeness (QED) is 0.606. The summed E-state index contributed by atoms with van der Waals surface area (Å²) in [7, 11) is 5.95. The first-order valence-corrected chi connectivity index (χ1v) is 7.14. The Morgan fingerprint density at radius 3 is 2.62 bits per heavy atom. The molecule has 2 rings (SSSR count). The van der Waals surface area contributed by atoms with Crippen LogP contribution in [0.2, 0.25) is 5.02 Å². The number of aryl methyl sites for hydroxylation is 1. The first-order valence-electron chi connectivity index (χ1n) is 6.76. The maximum absolute atomic E-state index is 6.32. The average molecular weight is 312 g/mol. The second-order valence-electron chi connectivity index (χ2n) is 5.31. The number of hydrogen-bond acceptors (Lipinski definition) is 5. The summed E-state index contributed by atoms with van der Waals surface area (Å²) in [6.45, 7) is 3.61. The van der Waals surface area contributed by atoms with E-state index in [0.29, 0.717) is 5.02 Å². The lowest BCUT2D eigenvalue weighted by atomic mass is 10.1. The van der Waals surface area contributed by atoms with Crippen LogP contribution in [0, 0.1) is 6.92 Å². The number of hydrazine groups is 1. The Labute approximate surface area is 129 Å². The molecule has 3 N–H and O–H groups in total. The average Bonchev–Trinajstić information content (AvgIpc) is 2.96. The van der Waals surface area contributed by atoms with Crippen LogP contribution in [-0.4, -0.2) is 45.1 Å². The SMILES string of the molecule is Cc1c(C(NN)c2c(Cl)cnn2CCN(C)C)cnn1C. The Morgan fingerprint density at radius 1 is 1.38 bits per heavy atom. The predicted molar refractivity (Wildman–Crippen MR) is 82.9 cm³/mol. The van der Waals surface area contributed by atoms with Crippen LogP contribution in [0.3, 0.4) is 0 Å². The van der Waals surface area contributed by atoms with E-state index in [-0.39, 0.29) is 6.04 Å². The van der Waals surface area contributed by atoms with E-state index in [0.717, 1.165) is 30.0 Å². The van der Waals surface area contributed by atoms with Crippen molar-refractivity contribution in [2.45, 2.75) is 19.5 Å². The van der Waals surface area contributed by atoms with E-state index in [9.17, 15) is 0 Å². The largest absolute Gasteiger partial charge is 0.308 e. The molecule has 0 saturated heterocycles. The maximum atomic E-state index is 6.32. The van der Waals surface area contributed by atoms with Gasteiger partial charge >= 0.3 is 0 Å². The molecular formula is C13H22ClN7. The second kappa shape index (κ2) is 6.57. The highest BCUT2D eigenvalue weighted by Gasteiger charge is 2.24. The highest BCUT2D eigenvalue weighted by atomic mass is 35.5. The van der Waals surface area contributed by atoms with E-state index in [2.05, 4.69) is 20.5 Å². The molecule has 1 unspecified atom stereocenters. The van der Waals surface area contributed by atoms with Gasteiger partial charge in [-0.05, 0) is 21.0 Å². The van der Waals surface area contributed by atoms with Gasteiger partial charge in [0.05, 0.1) is 35.7 Å². The van der Waals surface area contributed by atoms with Crippen molar-refractivity contribution in [1.82, 2.24) is 29.9 Å². The third-order valence-electron chi connectivity index (χ3n) is 3.62. The molecule has 0 spiro atoms. The minimum Gasteiger partial charge on any atom is -0.308 e. The van der Waals surface area contributed by atoms with Crippen LogP contribution in [0.5, 0.6) is 0 Å². The van der Waals surface area contributed by atoms with E-state index in [1.807, 2.05) is 37.4 Å². The number of likely N-dealkylation sites (N-methyl/N-ethyl adjacent to an activating group) is 1. The first-order chi connectivity index (χ1) is 9.95. The van der Waals surface area contributed by atoms with E-state index in [1.54, 1.807) is 12.4 Å². The number of nitrogens with zero attached hydrogens (tertiary/aromatic N) is 5. The van der Waals surface area contributed by atoms with E-state index in [1.165, 1.54) is 0 Å². The molecule has 7 nitrogen and oxygen atoms in total. The zero-order valence-electron chi connectivity index (χ0n) is 12.8. The van der Waals surface area contributed by atoms with Gasteiger partial charge in [-0.1, -0.05) is 11.6 Å². The normalized spacial score (nSPS) is 13.1. The molecule has 0 aliphatic rings. The molecule has 1 atom stereocenters. The van der Waals surface area contributed by atoms with Crippen LogP contribution in [0.1, 0.15) is 23.0 Å². The molecule has 116 valence electrons. The van der Waals surface area contributed by atoms with Crippen molar-refractivity contribution in [1.29, 1.82) is 0 Å². The number of hydrogen-bond donors (Lipinski definition) is 2. The van der Waals surface area contributed by atoms with Crippen LogP contribution in [0.4, 0.5) is 0 Å². The van der Waals surface area contributed by atoms with Gasteiger partial charge in [-0.3, -0.25) is 15.2 Å². The summed E-state index contributed by atoms with van der Waals surface area (Å²) >= 11 is 6.32. The fourth-order valence-electron chi connectivity index (χ4n) is 2.25. The fourth-order valence-corrected chi connectivity index (χ4v) is 2.50. The van der Waals surface area contributed by atoms with Crippen molar-refractivity contribution in [2.75, 3.05) is 20.6 Å². The summed E-state index contributed by atoms with van der Waals surface area (Å²) in [6.07, 6.45) is 3.46. The number of rotatable bonds is 6. The Hall–Kier alpha value is -1.41. The van der Waals surface area contributed by atoms with Crippen LogP contribution < -0.4 is 11.3 Å². The minimum atomic E-state index is -0.240. The molecule has 0 aliphatic heterocycles. The number of nitrogens with one attached hydrogen (secondary N) is 1. The Bertz CT molecular complexity index is 602. The van der Waals surface area contributed by atoms with Crippen LogP contribution in [0.15, 0.2) is 12.4 Å². The van der Waals surface area contributed by atoms with E-state index < -0.39 is 0 Å².